The van der Waals surface area contributed by atoms with Crippen LogP contribution in [0, 0.1) is 23.7 Å². The maximum Gasteiger partial charge on any atom is 0.259 e. The van der Waals surface area contributed by atoms with Crippen LogP contribution >= 0.6 is 0 Å². The van der Waals surface area contributed by atoms with Crippen molar-refractivity contribution in [1.82, 2.24) is 19.7 Å². The summed E-state index contributed by atoms with van der Waals surface area (Å²) in [6, 6.07) is 1.37. The van der Waals surface area contributed by atoms with E-state index in [9.17, 15) is 14.7 Å². The zero-order valence-corrected chi connectivity index (χ0v) is 23.2. The second-order valence-corrected chi connectivity index (χ2v) is 11.0. The minimum atomic E-state index is -0.360. The van der Waals surface area contributed by atoms with Crippen LogP contribution < -0.4 is 4.74 Å². The van der Waals surface area contributed by atoms with E-state index in [1.807, 2.05) is 20.9 Å². The van der Waals surface area contributed by atoms with Gasteiger partial charge in [0.05, 0.1) is 19.2 Å². The Morgan fingerprint density at radius 3 is 2.68 bits per heavy atom. The molecule has 1 saturated heterocycles. The number of fused-ring (bicyclic) bond motifs is 1. The van der Waals surface area contributed by atoms with Gasteiger partial charge in [0, 0.05) is 50.7 Å². The van der Waals surface area contributed by atoms with Gasteiger partial charge in [-0.15, -0.1) is 0 Å². The minimum absolute atomic E-state index is 0.0734. The monoisotopic (exact) mass is 512 g/mol. The predicted molar refractivity (Wildman–Crippen MR) is 144 cm³/mol. The van der Waals surface area contributed by atoms with E-state index in [1.165, 1.54) is 19.3 Å². The van der Waals surface area contributed by atoms with Gasteiger partial charge in [-0.25, -0.2) is 4.98 Å². The first-order valence-electron chi connectivity index (χ1n) is 13.7. The number of hydrogen-bond donors (Lipinski definition) is 1. The van der Waals surface area contributed by atoms with Crippen LogP contribution in [0.1, 0.15) is 75.7 Å². The summed E-state index contributed by atoms with van der Waals surface area (Å²) >= 11 is 0. The molecule has 2 aliphatic rings. The molecule has 204 valence electrons. The van der Waals surface area contributed by atoms with Crippen LogP contribution in [0.15, 0.2) is 12.3 Å². The Morgan fingerprint density at radius 1 is 1.27 bits per heavy atom. The summed E-state index contributed by atoms with van der Waals surface area (Å²) < 4.78 is 6.32. The van der Waals surface area contributed by atoms with Crippen molar-refractivity contribution in [2.45, 2.75) is 71.9 Å². The minimum Gasteiger partial charge on any atom is -0.472 e. The molecular weight excluding hydrogens is 468 g/mol. The zero-order chi connectivity index (χ0) is 26.9. The van der Waals surface area contributed by atoms with Gasteiger partial charge in [-0.2, -0.15) is 0 Å². The van der Waals surface area contributed by atoms with Gasteiger partial charge in [-0.3, -0.25) is 9.59 Å². The Hall–Kier alpha value is -2.63. The van der Waals surface area contributed by atoms with Crippen molar-refractivity contribution in [1.29, 1.82) is 0 Å². The predicted octanol–water partition coefficient (Wildman–Crippen LogP) is 3.03. The molecule has 0 unspecified atom stereocenters. The Labute approximate surface area is 222 Å². The van der Waals surface area contributed by atoms with Crippen molar-refractivity contribution in [3.63, 3.8) is 0 Å². The summed E-state index contributed by atoms with van der Waals surface area (Å²) in [5.74, 6) is 6.74. The number of amides is 2. The van der Waals surface area contributed by atoms with Gasteiger partial charge >= 0.3 is 0 Å². The van der Waals surface area contributed by atoms with Crippen LogP contribution in [0.3, 0.4) is 0 Å². The fourth-order valence-corrected chi connectivity index (χ4v) is 4.75. The first-order chi connectivity index (χ1) is 17.7. The molecule has 8 heteroatoms. The maximum atomic E-state index is 13.5. The van der Waals surface area contributed by atoms with Crippen molar-refractivity contribution in [3.05, 3.63) is 23.4 Å². The molecule has 8 nitrogen and oxygen atoms in total. The first kappa shape index (κ1) is 28.9. The number of nitrogens with zero attached hydrogens (tertiary/aromatic N) is 4. The summed E-state index contributed by atoms with van der Waals surface area (Å²) in [6.45, 7) is 11.6. The third kappa shape index (κ3) is 8.18. The van der Waals surface area contributed by atoms with Crippen LogP contribution in [0.5, 0.6) is 5.88 Å². The summed E-state index contributed by atoms with van der Waals surface area (Å²) in [5, 5.41) is 9.85. The lowest BCUT2D eigenvalue weighted by atomic mass is 9.99. The molecule has 2 amide bonds. The van der Waals surface area contributed by atoms with Gasteiger partial charge in [0.15, 0.2) is 0 Å². The third-order valence-electron chi connectivity index (χ3n) is 7.23. The van der Waals surface area contributed by atoms with Crippen LogP contribution in [-0.2, 0) is 4.79 Å². The number of pyridine rings is 1. The van der Waals surface area contributed by atoms with E-state index in [2.05, 4.69) is 35.6 Å². The number of rotatable bonds is 8. The fraction of sp³-hybridized carbons (Fsp3) is 0.690. The highest BCUT2D eigenvalue weighted by molar-refractivity contribution is 5.97. The molecule has 1 aromatic rings. The number of carbonyl (C=O) groups excluding carboxylic acids is 2. The summed E-state index contributed by atoms with van der Waals surface area (Å²) in [7, 11) is 1.81. The summed E-state index contributed by atoms with van der Waals surface area (Å²) in [4.78, 5) is 36.7. The van der Waals surface area contributed by atoms with Crippen molar-refractivity contribution < 1.29 is 19.4 Å². The van der Waals surface area contributed by atoms with Gasteiger partial charge in [0.1, 0.15) is 11.7 Å². The standard InChI is InChI=1S/C29H44N4O4/c1-21(2)10-9-11-24-16-25-28(30-17-24)37-26(22(3)18-33(29(25)36)23(4)20-34)19-31(5)27(35)12-15-32-13-7-6-8-14-32/h16-17,21-23,26,34H,6-8,10,12-15,18-20H2,1-5H3/t22-,23+,26-/m0/s1. The van der Waals surface area contributed by atoms with E-state index in [1.54, 1.807) is 22.1 Å². The van der Waals surface area contributed by atoms with E-state index in [0.717, 1.165) is 26.1 Å². The third-order valence-corrected chi connectivity index (χ3v) is 7.23. The van der Waals surface area contributed by atoms with Gasteiger partial charge in [-0.1, -0.05) is 39.0 Å². The van der Waals surface area contributed by atoms with E-state index >= 15 is 0 Å². The average molecular weight is 513 g/mol. The highest BCUT2D eigenvalue weighted by atomic mass is 16.5. The van der Waals surface area contributed by atoms with Crippen molar-refractivity contribution in [2.75, 3.05) is 46.4 Å². The Balaban J connectivity index is 1.79. The maximum absolute atomic E-state index is 13.5. The summed E-state index contributed by atoms with van der Waals surface area (Å²) in [5.41, 5.74) is 0.996. The SMILES string of the molecule is CC(C)CC#Cc1cnc2c(c1)C(=O)N([C@H](C)CO)C[C@H](C)[C@H](CN(C)C(=O)CCN1CCCCC1)O2. The number of likely N-dealkylation sites (N-methyl/N-ethyl adjacent to an activating group) is 1. The number of aliphatic hydroxyl groups excluding tert-OH is 1. The molecule has 2 aliphatic heterocycles. The molecule has 3 atom stereocenters. The van der Waals surface area contributed by atoms with Crippen LogP contribution in [0.25, 0.3) is 0 Å². The molecule has 0 aromatic carbocycles. The number of carbonyl (C=O) groups is 2. The van der Waals surface area contributed by atoms with Crippen molar-refractivity contribution in [2.24, 2.45) is 11.8 Å². The fourth-order valence-electron chi connectivity index (χ4n) is 4.75. The van der Waals surface area contributed by atoms with E-state index in [0.29, 0.717) is 36.6 Å². The second-order valence-electron chi connectivity index (χ2n) is 11.0. The average Bonchev–Trinajstić information content (AvgIpc) is 2.89. The molecule has 0 bridgehead atoms. The zero-order valence-electron chi connectivity index (χ0n) is 23.2. The number of ether oxygens (including phenoxy) is 1. The molecule has 3 rings (SSSR count). The van der Waals surface area contributed by atoms with Gasteiger partial charge in [-0.05, 0) is 44.8 Å². The Kier molecular flexibility index (Phi) is 10.8. The quantitative estimate of drug-likeness (QED) is 0.539. The van der Waals surface area contributed by atoms with E-state index < -0.39 is 0 Å². The van der Waals surface area contributed by atoms with Crippen molar-refractivity contribution >= 4 is 11.8 Å². The van der Waals surface area contributed by atoms with Gasteiger partial charge in [0.2, 0.25) is 11.8 Å². The Morgan fingerprint density at radius 2 is 2.00 bits per heavy atom. The van der Waals surface area contributed by atoms with E-state index in [-0.39, 0.29) is 42.4 Å². The molecule has 0 spiro atoms. The topological polar surface area (TPSA) is 86.2 Å². The molecular formula is C29H44N4O4. The molecule has 0 saturated carbocycles. The number of likely N-dealkylation sites (tertiary alicyclic amines) is 1. The first-order valence-corrected chi connectivity index (χ1v) is 13.7. The smallest absolute Gasteiger partial charge is 0.259 e. The largest absolute Gasteiger partial charge is 0.472 e. The van der Waals surface area contributed by atoms with Crippen LogP contribution in [-0.4, -0.2) is 95.1 Å². The lowest BCUT2D eigenvalue weighted by Gasteiger charge is -2.37. The molecule has 1 aromatic heterocycles. The number of aliphatic hydroxyl groups is 1. The number of hydrogen-bond acceptors (Lipinski definition) is 6. The summed E-state index contributed by atoms with van der Waals surface area (Å²) in [6.07, 6.45) is 6.21. The lowest BCUT2D eigenvalue weighted by molar-refractivity contribution is -0.131. The molecule has 37 heavy (non-hydrogen) atoms. The highest BCUT2D eigenvalue weighted by Gasteiger charge is 2.34. The Bertz CT molecular complexity index is 980. The van der Waals surface area contributed by atoms with Crippen molar-refractivity contribution in [3.8, 4) is 17.7 Å². The molecule has 0 aliphatic carbocycles. The van der Waals surface area contributed by atoms with Crippen LogP contribution in [0.2, 0.25) is 0 Å². The molecule has 1 fully saturated rings. The van der Waals surface area contributed by atoms with Crippen LogP contribution in [0.4, 0.5) is 0 Å². The highest BCUT2D eigenvalue weighted by Crippen LogP contribution is 2.27. The number of piperidine rings is 1. The molecule has 3 heterocycles. The number of aromatic nitrogens is 1. The lowest BCUT2D eigenvalue weighted by Crippen LogP contribution is -2.50. The van der Waals surface area contributed by atoms with Gasteiger partial charge in [0.25, 0.3) is 5.91 Å². The second kappa shape index (κ2) is 13.8. The van der Waals surface area contributed by atoms with E-state index in [4.69, 9.17) is 4.74 Å². The molecule has 0 radical (unpaired) electrons. The molecule has 1 N–H and O–H groups in total. The normalized spacial score (nSPS) is 21.3. The van der Waals surface area contributed by atoms with Gasteiger partial charge < -0.3 is 24.5 Å².